The molecule has 1 saturated heterocycles. The highest BCUT2D eigenvalue weighted by Crippen LogP contribution is 2.26. The molecule has 1 heterocycles. The zero-order chi connectivity index (χ0) is 15.1. The van der Waals surface area contributed by atoms with E-state index in [1.165, 1.54) is 5.56 Å². The minimum atomic E-state index is 0.294. The van der Waals surface area contributed by atoms with Crippen molar-refractivity contribution in [1.29, 1.82) is 0 Å². The van der Waals surface area contributed by atoms with Crippen LogP contribution in [0.25, 0.3) is 0 Å². The molecule has 1 aliphatic rings. The highest BCUT2D eigenvalue weighted by atomic mass is 16.5. The molecule has 1 atom stereocenters. The molecule has 4 heteroatoms. The van der Waals surface area contributed by atoms with Crippen molar-refractivity contribution in [3.63, 3.8) is 0 Å². The van der Waals surface area contributed by atoms with Crippen molar-refractivity contribution in [1.82, 2.24) is 4.90 Å². The molecule has 1 fully saturated rings. The van der Waals surface area contributed by atoms with E-state index < -0.39 is 0 Å². The summed E-state index contributed by atoms with van der Waals surface area (Å²) in [6.07, 6.45) is 3.61. The summed E-state index contributed by atoms with van der Waals surface area (Å²) in [6, 6.07) is 8.68. The monoisotopic (exact) mass is 292 g/mol. The lowest BCUT2D eigenvalue weighted by atomic mass is 10.0. The molecule has 0 spiro atoms. The molecule has 21 heavy (non-hydrogen) atoms. The van der Waals surface area contributed by atoms with Gasteiger partial charge in [-0.25, -0.2) is 0 Å². The molecule has 1 aromatic carbocycles. The van der Waals surface area contributed by atoms with E-state index in [-0.39, 0.29) is 0 Å². The summed E-state index contributed by atoms with van der Waals surface area (Å²) in [5, 5.41) is 0. The topological polar surface area (TPSA) is 47.7 Å². The van der Waals surface area contributed by atoms with Gasteiger partial charge >= 0.3 is 0 Å². The van der Waals surface area contributed by atoms with Crippen molar-refractivity contribution in [3.05, 3.63) is 29.8 Å². The van der Waals surface area contributed by atoms with Crippen LogP contribution in [-0.2, 0) is 4.74 Å². The summed E-state index contributed by atoms with van der Waals surface area (Å²) < 4.78 is 11.1. The summed E-state index contributed by atoms with van der Waals surface area (Å²) in [4.78, 5) is 2.47. The maximum absolute atomic E-state index is 6.02. The van der Waals surface area contributed by atoms with Crippen LogP contribution in [0.2, 0.25) is 0 Å². The van der Waals surface area contributed by atoms with Crippen LogP contribution >= 0.6 is 0 Å². The van der Waals surface area contributed by atoms with E-state index in [1.807, 2.05) is 0 Å². The van der Waals surface area contributed by atoms with E-state index in [0.29, 0.717) is 18.7 Å². The Bertz CT molecular complexity index is 400. The fourth-order valence-electron chi connectivity index (χ4n) is 2.93. The van der Waals surface area contributed by atoms with Crippen molar-refractivity contribution in [2.24, 2.45) is 5.73 Å². The zero-order valence-electron chi connectivity index (χ0n) is 13.3. The summed E-state index contributed by atoms with van der Waals surface area (Å²) >= 11 is 0. The van der Waals surface area contributed by atoms with Gasteiger partial charge in [-0.05, 0) is 37.0 Å². The number of piperidine rings is 1. The van der Waals surface area contributed by atoms with Gasteiger partial charge in [0, 0.05) is 32.8 Å². The predicted molar refractivity (Wildman–Crippen MR) is 85.6 cm³/mol. The van der Waals surface area contributed by atoms with Gasteiger partial charge < -0.3 is 15.2 Å². The molecule has 2 rings (SSSR count). The van der Waals surface area contributed by atoms with Crippen molar-refractivity contribution in [3.8, 4) is 5.75 Å². The Labute approximate surface area is 128 Å². The first-order chi connectivity index (χ1) is 10.3. The van der Waals surface area contributed by atoms with E-state index in [0.717, 1.165) is 44.7 Å². The molecule has 1 unspecified atom stereocenters. The van der Waals surface area contributed by atoms with Crippen LogP contribution in [0.1, 0.15) is 37.8 Å². The third-order valence-corrected chi connectivity index (χ3v) is 4.21. The maximum atomic E-state index is 6.02. The first-order valence-corrected chi connectivity index (χ1v) is 7.98. The molecule has 0 bridgehead atoms. The minimum Gasteiger partial charge on any atom is -0.494 e. The van der Waals surface area contributed by atoms with Gasteiger partial charge in [-0.3, -0.25) is 4.90 Å². The molecule has 2 N–H and O–H groups in total. The standard InChI is InChI=1S/C17H28N2O2/c1-3-12-21-16-6-4-14(5-7-16)17(13-18)19-10-8-15(20-2)9-11-19/h4-7,15,17H,3,8-13,18H2,1-2H3. The van der Waals surface area contributed by atoms with Gasteiger partial charge in [-0.1, -0.05) is 19.1 Å². The molecule has 0 radical (unpaired) electrons. The fourth-order valence-corrected chi connectivity index (χ4v) is 2.93. The van der Waals surface area contributed by atoms with Crippen molar-refractivity contribution in [2.75, 3.05) is 33.4 Å². The fraction of sp³-hybridized carbons (Fsp3) is 0.647. The molecule has 0 saturated carbocycles. The number of benzene rings is 1. The first-order valence-electron chi connectivity index (χ1n) is 7.98. The average Bonchev–Trinajstić information content (AvgIpc) is 2.55. The molecule has 1 aliphatic heterocycles. The van der Waals surface area contributed by atoms with Crippen LogP contribution in [0.4, 0.5) is 0 Å². The van der Waals surface area contributed by atoms with Crippen LogP contribution in [0, 0.1) is 0 Å². The second-order valence-electron chi connectivity index (χ2n) is 5.64. The average molecular weight is 292 g/mol. The highest BCUT2D eigenvalue weighted by Gasteiger charge is 2.25. The van der Waals surface area contributed by atoms with Gasteiger partial charge in [0.2, 0.25) is 0 Å². The van der Waals surface area contributed by atoms with Crippen LogP contribution in [0.3, 0.4) is 0 Å². The van der Waals surface area contributed by atoms with E-state index in [4.69, 9.17) is 15.2 Å². The number of likely N-dealkylation sites (tertiary alicyclic amines) is 1. The summed E-state index contributed by atoms with van der Waals surface area (Å²) in [6.45, 7) is 5.63. The van der Waals surface area contributed by atoms with Crippen molar-refractivity contribution < 1.29 is 9.47 Å². The number of nitrogens with two attached hydrogens (primary N) is 1. The van der Waals surface area contributed by atoms with Gasteiger partial charge in [-0.2, -0.15) is 0 Å². The van der Waals surface area contributed by atoms with Gasteiger partial charge in [0.25, 0.3) is 0 Å². The van der Waals surface area contributed by atoms with Crippen LogP contribution in [0.15, 0.2) is 24.3 Å². The molecular weight excluding hydrogens is 264 g/mol. The first kappa shape index (κ1) is 16.3. The largest absolute Gasteiger partial charge is 0.494 e. The Morgan fingerprint density at radius 1 is 1.24 bits per heavy atom. The second-order valence-corrected chi connectivity index (χ2v) is 5.64. The zero-order valence-corrected chi connectivity index (χ0v) is 13.3. The third-order valence-electron chi connectivity index (χ3n) is 4.21. The maximum Gasteiger partial charge on any atom is 0.119 e. The lowest BCUT2D eigenvalue weighted by molar-refractivity contribution is 0.0280. The number of methoxy groups -OCH3 is 1. The van der Waals surface area contributed by atoms with Gasteiger partial charge in [0.1, 0.15) is 5.75 Å². The van der Waals surface area contributed by atoms with E-state index in [1.54, 1.807) is 7.11 Å². The summed E-state index contributed by atoms with van der Waals surface area (Å²) in [5.74, 6) is 0.939. The molecule has 0 aromatic heterocycles. The second kappa shape index (κ2) is 8.37. The van der Waals surface area contributed by atoms with Gasteiger partial charge in [0.15, 0.2) is 0 Å². The quantitative estimate of drug-likeness (QED) is 0.839. The molecular formula is C17H28N2O2. The van der Waals surface area contributed by atoms with Gasteiger partial charge in [-0.15, -0.1) is 0 Å². The lowest BCUT2D eigenvalue weighted by Gasteiger charge is -2.36. The number of ether oxygens (including phenoxy) is 2. The Morgan fingerprint density at radius 2 is 1.90 bits per heavy atom. The normalized spacial score (nSPS) is 18.6. The van der Waals surface area contributed by atoms with Crippen molar-refractivity contribution >= 4 is 0 Å². The van der Waals surface area contributed by atoms with Crippen LogP contribution < -0.4 is 10.5 Å². The van der Waals surface area contributed by atoms with Gasteiger partial charge in [0.05, 0.1) is 12.7 Å². The Morgan fingerprint density at radius 3 is 2.43 bits per heavy atom. The molecule has 4 nitrogen and oxygen atoms in total. The lowest BCUT2D eigenvalue weighted by Crippen LogP contribution is -2.41. The van der Waals surface area contributed by atoms with E-state index in [9.17, 15) is 0 Å². The van der Waals surface area contributed by atoms with Crippen LogP contribution in [-0.4, -0.2) is 44.4 Å². The Balaban J connectivity index is 1.97. The minimum absolute atomic E-state index is 0.294. The Kier molecular flexibility index (Phi) is 6.49. The smallest absolute Gasteiger partial charge is 0.119 e. The number of hydrogen-bond donors (Lipinski definition) is 1. The number of hydrogen-bond acceptors (Lipinski definition) is 4. The molecule has 0 amide bonds. The SMILES string of the molecule is CCCOc1ccc(C(CN)N2CCC(OC)CC2)cc1. The molecule has 118 valence electrons. The summed E-state index contributed by atoms with van der Waals surface area (Å²) in [5.41, 5.74) is 7.29. The van der Waals surface area contributed by atoms with Crippen molar-refractivity contribution in [2.45, 2.75) is 38.3 Å². The van der Waals surface area contributed by atoms with E-state index >= 15 is 0 Å². The predicted octanol–water partition coefficient (Wildman–Crippen LogP) is 2.59. The Hall–Kier alpha value is -1.10. The van der Waals surface area contributed by atoms with E-state index in [2.05, 4.69) is 36.1 Å². The summed E-state index contributed by atoms with van der Waals surface area (Å²) in [7, 11) is 1.80. The number of rotatable bonds is 7. The third kappa shape index (κ3) is 4.43. The highest BCUT2D eigenvalue weighted by molar-refractivity contribution is 5.29. The van der Waals surface area contributed by atoms with Crippen LogP contribution in [0.5, 0.6) is 5.75 Å². The molecule has 1 aromatic rings. The number of nitrogens with zero attached hydrogens (tertiary/aromatic N) is 1. The molecule has 0 aliphatic carbocycles.